The summed E-state index contributed by atoms with van der Waals surface area (Å²) in [5.74, 6) is 1.36. The first-order valence-corrected chi connectivity index (χ1v) is 15.2. The number of Topliss-reactive ketones (excluding diaryl/α,β-unsaturated/α-hetero) is 1. The van der Waals surface area contributed by atoms with Crippen LogP contribution in [0.2, 0.25) is 0 Å². The molecule has 0 saturated carbocycles. The number of hydrogen-bond donors (Lipinski definition) is 0. The minimum atomic E-state index is -0.503. The molecule has 3 aromatic heterocycles. The quantitative estimate of drug-likeness (QED) is 0.291. The first-order valence-electron chi connectivity index (χ1n) is 15.2. The molecular weight excluding hydrogens is 542 g/mol. The molecule has 4 aromatic rings. The largest absolute Gasteiger partial charge is 0.444 e. The summed E-state index contributed by atoms with van der Waals surface area (Å²) < 4.78 is 9.63. The molecule has 2 aliphatic rings. The summed E-state index contributed by atoms with van der Waals surface area (Å²) >= 11 is 0. The zero-order valence-electron chi connectivity index (χ0n) is 25.8. The van der Waals surface area contributed by atoms with Crippen LogP contribution in [-0.4, -0.2) is 81.0 Å². The Hall–Kier alpha value is -4.34. The van der Waals surface area contributed by atoms with Gasteiger partial charge < -0.3 is 24.0 Å². The molecule has 2 fully saturated rings. The lowest BCUT2D eigenvalue weighted by Crippen LogP contribution is -2.46. The number of carbonyl (C=O) groups is 2. The number of ether oxygens (including phenoxy) is 1. The molecule has 2 aliphatic heterocycles. The molecule has 10 heteroatoms. The lowest BCUT2D eigenvalue weighted by Gasteiger charge is -2.37. The monoisotopic (exact) mass is 583 g/mol. The van der Waals surface area contributed by atoms with E-state index in [1.807, 2.05) is 74.1 Å². The van der Waals surface area contributed by atoms with Crippen molar-refractivity contribution in [1.29, 1.82) is 0 Å². The van der Waals surface area contributed by atoms with Crippen molar-refractivity contribution in [1.82, 2.24) is 24.2 Å². The van der Waals surface area contributed by atoms with Gasteiger partial charge in [-0.25, -0.2) is 9.78 Å². The van der Waals surface area contributed by atoms with Crippen molar-refractivity contribution in [2.45, 2.75) is 52.1 Å². The Kier molecular flexibility index (Phi) is 7.62. The van der Waals surface area contributed by atoms with E-state index in [-0.39, 0.29) is 17.8 Å². The Morgan fingerprint density at radius 1 is 0.860 bits per heavy atom. The minimum absolute atomic E-state index is 0.0863. The van der Waals surface area contributed by atoms with Crippen molar-refractivity contribution >= 4 is 34.4 Å². The summed E-state index contributed by atoms with van der Waals surface area (Å²) in [6.07, 6.45) is 7.60. The number of rotatable bonds is 5. The highest BCUT2D eigenvalue weighted by Gasteiger charge is 2.30. The van der Waals surface area contributed by atoms with Crippen LogP contribution in [0.15, 0.2) is 55.0 Å². The van der Waals surface area contributed by atoms with Gasteiger partial charge in [0.25, 0.3) is 0 Å². The molecule has 0 atom stereocenters. The number of anilines is 2. The second-order valence-electron chi connectivity index (χ2n) is 12.7. The highest BCUT2D eigenvalue weighted by atomic mass is 16.6. The Balaban J connectivity index is 1.23. The number of aromatic nitrogens is 4. The summed E-state index contributed by atoms with van der Waals surface area (Å²) in [7, 11) is 1.93. The van der Waals surface area contributed by atoms with Gasteiger partial charge in [-0.15, -0.1) is 0 Å². The van der Waals surface area contributed by atoms with Gasteiger partial charge in [0, 0.05) is 70.0 Å². The van der Waals surface area contributed by atoms with Gasteiger partial charge in [-0.2, -0.15) is 5.10 Å². The van der Waals surface area contributed by atoms with E-state index in [4.69, 9.17) is 9.72 Å². The molecule has 6 rings (SSSR count). The zero-order chi connectivity index (χ0) is 30.3. The predicted octanol–water partition coefficient (Wildman–Crippen LogP) is 5.40. The second-order valence-corrected chi connectivity index (χ2v) is 12.7. The van der Waals surface area contributed by atoms with E-state index in [1.54, 1.807) is 6.92 Å². The van der Waals surface area contributed by atoms with Crippen LogP contribution >= 0.6 is 0 Å². The van der Waals surface area contributed by atoms with Gasteiger partial charge in [-0.05, 0) is 88.4 Å². The number of aryl methyl sites for hydroxylation is 1. The number of pyridine rings is 1. The number of hydrogen-bond acceptors (Lipinski definition) is 7. The number of piperidine rings is 1. The van der Waals surface area contributed by atoms with E-state index in [0.29, 0.717) is 13.1 Å². The van der Waals surface area contributed by atoms with Crippen LogP contribution in [-0.2, 0) is 11.8 Å². The molecule has 226 valence electrons. The summed E-state index contributed by atoms with van der Waals surface area (Å²) in [6.45, 7) is 12.1. The molecule has 0 unspecified atom stereocenters. The van der Waals surface area contributed by atoms with E-state index in [1.165, 1.54) is 5.56 Å². The van der Waals surface area contributed by atoms with E-state index < -0.39 is 5.60 Å². The Morgan fingerprint density at radius 3 is 2.14 bits per heavy atom. The van der Waals surface area contributed by atoms with Crippen LogP contribution in [0.4, 0.5) is 16.3 Å². The maximum atomic E-state index is 12.7. The van der Waals surface area contributed by atoms with Crippen LogP contribution in [0.3, 0.4) is 0 Å². The standard InChI is InChI=1S/C33H41N7O3/c1-23(41)24-6-8-26(9-7-24)37-16-18-38(19-17-37)30-11-10-29-31(35-30)28(22-40(29)27-20-34-36(5)21-27)25-12-14-39(15-13-25)32(42)43-33(2,3)4/h6-11,20-22,25H,12-19H2,1-5H3. The van der Waals surface area contributed by atoms with Gasteiger partial charge in [-0.3, -0.25) is 9.48 Å². The van der Waals surface area contributed by atoms with Crippen LogP contribution in [0.5, 0.6) is 0 Å². The molecule has 2 saturated heterocycles. The number of benzene rings is 1. The summed E-state index contributed by atoms with van der Waals surface area (Å²) in [5.41, 5.74) is 5.67. The average Bonchev–Trinajstić information content (AvgIpc) is 3.59. The maximum Gasteiger partial charge on any atom is 0.410 e. The van der Waals surface area contributed by atoms with Crippen molar-refractivity contribution in [3.8, 4) is 5.69 Å². The van der Waals surface area contributed by atoms with Gasteiger partial charge >= 0.3 is 6.09 Å². The highest BCUT2D eigenvalue weighted by molar-refractivity contribution is 5.94. The van der Waals surface area contributed by atoms with Crippen molar-refractivity contribution in [2.75, 3.05) is 49.1 Å². The maximum absolute atomic E-state index is 12.7. The van der Waals surface area contributed by atoms with Gasteiger partial charge in [0.2, 0.25) is 0 Å². The van der Waals surface area contributed by atoms with Gasteiger partial charge in [-0.1, -0.05) is 0 Å². The predicted molar refractivity (Wildman–Crippen MR) is 168 cm³/mol. The molecule has 0 radical (unpaired) electrons. The molecule has 0 aliphatic carbocycles. The molecule has 0 spiro atoms. The first-order chi connectivity index (χ1) is 20.6. The number of ketones is 1. The fourth-order valence-corrected chi connectivity index (χ4v) is 6.14. The number of piperazine rings is 1. The summed E-state index contributed by atoms with van der Waals surface area (Å²) in [5, 5.41) is 4.40. The molecule has 0 N–H and O–H groups in total. The lowest BCUT2D eigenvalue weighted by atomic mass is 9.90. The van der Waals surface area contributed by atoms with Crippen LogP contribution in [0, 0.1) is 0 Å². The molecule has 10 nitrogen and oxygen atoms in total. The van der Waals surface area contributed by atoms with Crippen LogP contribution in [0.1, 0.15) is 62.4 Å². The Morgan fingerprint density at radius 2 is 1.53 bits per heavy atom. The van der Waals surface area contributed by atoms with Crippen molar-refractivity contribution < 1.29 is 14.3 Å². The summed E-state index contributed by atoms with van der Waals surface area (Å²) in [4.78, 5) is 36.2. The Bertz CT molecular complexity index is 1620. The van der Waals surface area contributed by atoms with Gasteiger partial charge in [0.15, 0.2) is 5.78 Å². The third-order valence-electron chi connectivity index (χ3n) is 8.46. The third-order valence-corrected chi connectivity index (χ3v) is 8.46. The van der Waals surface area contributed by atoms with Crippen molar-refractivity contribution in [3.05, 3.63) is 66.1 Å². The van der Waals surface area contributed by atoms with Gasteiger partial charge in [0.05, 0.1) is 22.9 Å². The molecule has 0 bridgehead atoms. The molecule has 1 aromatic carbocycles. The molecule has 43 heavy (non-hydrogen) atoms. The van der Waals surface area contributed by atoms with E-state index in [0.717, 1.165) is 72.8 Å². The van der Waals surface area contributed by atoms with Crippen molar-refractivity contribution in [2.24, 2.45) is 7.05 Å². The van der Waals surface area contributed by atoms with Crippen LogP contribution in [0.25, 0.3) is 16.7 Å². The fourth-order valence-electron chi connectivity index (χ4n) is 6.14. The van der Waals surface area contributed by atoms with Gasteiger partial charge in [0.1, 0.15) is 11.4 Å². The summed E-state index contributed by atoms with van der Waals surface area (Å²) in [6, 6.07) is 12.2. The molecular formula is C33H41N7O3. The number of nitrogens with zero attached hydrogens (tertiary/aromatic N) is 7. The van der Waals surface area contributed by atoms with E-state index >= 15 is 0 Å². The normalized spacial score (nSPS) is 16.6. The number of carbonyl (C=O) groups excluding carboxylic acids is 2. The average molecular weight is 584 g/mol. The van der Waals surface area contributed by atoms with Crippen LogP contribution < -0.4 is 9.80 Å². The highest BCUT2D eigenvalue weighted by Crippen LogP contribution is 2.36. The SMILES string of the molecule is CC(=O)c1ccc(N2CCN(c3ccc4c(n3)c(C3CCN(C(=O)OC(C)(C)C)CC3)cn4-c3cnn(C)c3)CC2)cc1. The topological polar surface area (TPSA) is 88.7 Å². The second kappa shape index (κ2) is 11.4. The molecule has 5 heterocycles. The minimum Gasteiger partial charge on any atom is -0.444 e. The number of fused-ring (bicyclic) bond motifs is 1. The first kappa shape index (κ1) is 28.8. The lowest BCUT2D eigenvalue weighted by molar-refractivity contribution is 0.0205. The molecule has 1 amide bonds. The number of amides is 1. The smallest absolute Gasteiger partial charge is 0.410 e. The van der Waals surface area contributed by atoms with E-state index in [9.17, 15) is 9.59 Å². The zero-order valence-corrected chi connectivity index (χ0v) is 25.8. The Labute approximate surface area is 252 Å². The number of likely N-dealkylation sites (tertiary alicyclic amines) is 1. The third kappa shape index (κ3) is 6.09. The van der Waals surface area contributed by atoms with Crippen molar-refractivity contribution in [3.63, 3.8) is 0 Å². The fraction of sp³-hybridized carbons (Fsp3) is 0.455. The van der Waals surface area contributed by atoms with E-state index in [2.05, 4.69) is 37.8 Å².